The lowest BCUT2D eigenvalue weighted by Gasteiger charge is -1.96. The fourth-order valence-corrected chi connectivity index (χ4v) is 2.00. The van der Waals surface area contributed by atoms with Gasteiger partial charge in [0.25, 0.3) is 0 Å². The van der Waals surface area contributed by atoms with Crippen LogP contribution >= 0.6 is 11.3 Å². The van der Waals surface area contributed by atoms with Crippen molar-refractivity contribution in [3.63, 3.8) is 0 Å². The SMILES string of the molecule is CCOc1oc(-c2scnc2C)nc1C(=O)O. The van der Waals surface area contributed by atoms with Crippen molar-refractivity contribution >= 4 is 17.3 Å². The number of thiazole rings is 1. The van der Waals surface area contributed by atoms with Gasteiger partial charge in [-0.2, -0.15) is 4.98 Å². The van der Waals surface area contributed by atoms with Crippen LogP contribution < -0.4 is 4.74 Å². The van der Waals surface area contributed by atoms with E-state index in [0.29, 0.717) is 11.5 Å². The van der Waals surface area contributed by atoms with Gasteiger partial charge in [0, 0.05) is 0 Å². The fraction of sp³-hybridized carbons (Fsp3) is 0.300. The molecular formula is C10H10N2O4S. The zero-order valence-corrected chi connectivity index (χ0v) is 10.1. The lowest BCUT2D eigenvalue weighted by Crippen LogP contribution is -2.01. The Hall–Kier alpha value is -1.89. The molecule has 0 saturated carbocycles. The van der Waals surface area contributed by atoms with Gasteiger partial charge in [-0.1, -0.05) is 0 Å². The maximum atomic E-state index is 10.9. The minimum absolute atomic E-state index is 0.0669. The maximum absolute atomic E-state index is 10.9. The van der Waals surface area contributed by atoms with Crippen molar-refractivity contribution < 1.29 is 19.1 Å². The van der Waals surface area contributed by atoms with Crippen LogP contribution in [0.4, 0.5) is 0 Å². The van der Waals surface area contributed by atoms with Crippen LogP contribution in [0.3, 0.4) is 0 Å². The van der Waals surface area contributed by atoms with Gasteiger partial charge in [-0.15, -0.1) is 11.3 Å². The van der Waals surface area contributed by atoms with Crippen molar-refractivity contribution in [1.82, 2.24) is 9.97 Å². The quantitative estimate of drug-likeness (QED) is 0.900. The standard InChI is InChI=1S/C10H10N2O4S/c1-3-15-10-6(9(13)14)12-8(16-10)7-5(2)11-4-17-7/h4H,3H2,1-2H3,(H,13,14). The van der Waals surface area contributed by atoms with E-state index in [1.54, 1.807) is 19.4 Å². The molecule has 2 heterocycles. The van der Waals surface area contributed by atoms with Crippen LogP contribution in [0.1, 0.15) is 23.1 Å². The number of rotatable bonds is 4. The lowest BCUT2D eigenvalue weighted by molar-refractivity contribution is 0.0683. The van der Waals surface area contributed by atoms with Gasteiger partial charge in [-0.05, 0) is 13.8 Å². The summed E-state index contributed by atoms with van der Waals surface area (Å²) in [5.41, 5.74) is 2.18. The molecule has 0 amide bonds. The number of ether oxygens (including phenoxy) is 1. The molecule has 2 rings (SSSR count). The first kappa shape index (κ1) is 11.6. The van der Waals surface area contributed by atoms with E-state index >= 15 is 0 Å². The van der Waals surface area contributed by atoms with Crippen LogP contribution in [0, 0.1) is 6.92 Å². The monoisotopic (exact) mass is 254 g/mol. The predicted octanol–water partition coefficient (Wildman–Crippen LogP) is 2.20. The smallest absolute Gasteiger partial charge is 0.362 e. The summed E-state index contributed by atoms with van der Waals surface area (Å²) in [5.74, 6) is -1.01. The van der Waals surface area contributed by atoms with Crippen LogP contribution in [0.2, 0.25) is 0 Å². The molecule has 0 unspecified atom stereocenters. The molecule has 2 aromatic heterocycles. The summed E-state index contributed by atoms with van der Waals surface area (Å²) in [7, 11) is 0. The molecule has 0 aromatic carbocycles. The minimum Gasteiger partial charge on any atom is -0.476 e. The zero-order chi connectivity index (χ0) is 12.4. The second-order valence-corrected chi connectivity index (χ2v) is 4.01. The maximum Gasteiger partial charge on any atom is 0.362 e. The normalized spacial score (nSPS) is 10.5. The topological polar surface area (TPSA) is 85.5 Å². The molecule has 0 radical (unpaired) electrons. The number of carbonyl (C=O) groups is 1. The number of aromatic nitrogens is 2. The molecule has 17 heavy (non-hydrogen) atoms. The third-order valence-electron chi connectivity index (χ3n) is 2.01. The van der Waals surface area contributed by atoms with E-state index in [9.17, 15) is 4.79 Å². The van der Waals surface area contributed by atoms with Gasteiger partial charge < -0.3 is 14.3 Å². The van der Waals surface area contributed by atoms with Crippen molar-refractivity contribution in [2.75, 3.05) is 6.61 Å². The Kier molecular flexibility index (Phi) is 3.10. The molecule has 0 aliphatic carbocycles. The Morgan fingerprint density at radius 1 is 1.65 bits per heavy atom. The van der Waals surface area contributed by atoms with E-state index in [-0.39, 0.29) is 17.5 Å². The first-order valence-corrected chi connectivity index (χ1v) is 5.78. The third kappa shape index (κ3) is 2.14. The van der Waals surface area contributed by atoms with Crippen LogP contribution in [-0.2, 0) is 0 Å². The molecule has 0 saturated heterocycles. The van der Waals surface area contributed by atoms with E-state index in [0.717, 1.165) is 5.69 Å². The van der Waals surface area contributed by atoms with Crippen LogP contribution in [0.5, 0.6) is 5.95 Å². The molecule has 90 valence electrons. The van der Waals surface area contributed by atoms with Gasteiger partial charge in [0.2, 0.25) is 11.6 Å². The van der Waals surface area contributed by atoms with Crippen molar-refractivity contribution in [2.24, 2.45) is 0 Å². The van der Waals surface area contributed by atoms with Gasteiger partial charge in [-0.3, -0.25) is 0 Å². The number of aromatic carboxylic acids is 1. The number of oxazole rings is 1. The first-order chi connectivity index (χ1) is 8.13. The van der Waals surface area contributed by atoms with Crippen LogP contribution in [0.15, 0.2) is 9.93 Å². The lowest BCUT2D eigenvalue weighted by atomic mass is 10.4. The average Bonchev–Trinajstić information content (AvgIpc) is 2.84. The highest BCUT2D eigenvalue weighted by Crippen LogP contribution is 2.31. The van der Waals surface area contributed by atoms with Gasteiger partial charge in [-0.25, -0.2) is 9.78 Å². The Labute approximate surface area is 101 Å². The van der Waals surface area contributed by atoms with E-state index in [4.69, 9.17) is 14.3 Å². The molecule has 7 heteroatoms. The summed E-state index contributed by atoms with van der Waals surface area (Å²) in [6.45, 7) is 3.86. The molecule has 0 aliphatic rings. The van der Waals surface area contributed by atoms with E-state index in [1.807, 2.05) is 0 Å². The highest BCUT2D eigenvalue weighted by Gasteiger charge is 2.23. The van der Waals surface area contributed by atoms with E-state index in [2.05, 4.69) is 9.97 Å². The number of aryl methyl sites for hydroxylation is 1. The molecule has 6 nitrogen and oxygen atoms in total. The summed E-state index contributed by atoms with van der Waals surface area (Å²) < 4.78 is 10.4. The number of carboxylic acid groups (broad SMARTS) is 1. The second-order valence-electron chi connectivity index (χ2n) is 3.16. The number of hydrogen-bond donors (Lipinski definition) is 1. The number of nitrogens with zero attached hydrogens (tertiary/aromatic N) is 2. The van der Waals surface area contributed by atoms with Crippen LogP contribution in [0.25, 0.3) is 10.8 Å². The molecule has 0 spiro atoms. The molecule has 0 fully saturated rings. The summed E-state index contributed by atoms with van der Waals surface area (Å²) in [6.07, 6.45) is 0. The predicted molar refractivity (Wildman–Crippen MR) is 60.5 cm³/mol. The van der Waals surface area contributed by atoms with Crippen molar-refractivity contribution in [3.05, 3.63) is 16.9 Å². The van der Waals surface area contributed by atoms with Crippen molar-refractivity contribution in [1.29, 1.82) is 0 Å². The molecule has 1 N–H and O–H groups in total. The van der Waals surface area contributed by atoms with E-state index < -0.39 is 5.97 Å². The summed E-state index contributed by atoms with van der Waals surface area (Å²) in [5, 5.41) is 8.96. The second kappa shape index (κ2) is 4.54. The van der Waals surface area contributed by atoms with Crippen LogP contribution in [-0.4, -0.2) is 27.7 Å². The number of hydrogen-bond acceptors (Lipinski definition) is 6. The first-order valence-electron chi connectivity index (χ1n) is 4.90. The Morgan fingerprint density at radius 3 is 2.94 bits per heavy atom. The van der Waals surface area contributed by atoms with Crippen molar-refractivity contribution in [2.45, 2.75) is 13.8 Å². The summed E-state index contributed by atoms with van der Waals surface area (Å²) in [6, 6.07) is 0. The highest BCUT2D eigenvalue weighted by atomic mass is 32.1. The zero-order valence-electron chi connectivity index (χ0n) is 9.26. The largest absolute Gasteiger partial charge is 0.476 e. The minimum atomic E-state index is -1.18. The average molecular weight is 254 g/mol. The molecule has 0 bridgehead atoms. The summed E-state index contributed by atoms with van der Waals surface area (Å²) >= 11 is 1.34. The molecular weight excluding hydrogens is 244 g/mol. The molecule has 2 aromatic rings. The van der Waals surface area contributed by atoms with E-state index in [1.165, 1.54) is 11.3 Å². The highest BCUT2D eigenvalue weighted by molar-refractivity contribution is 7.13. The Bertz CT molecular complexity index is 546. The van der Waals surface area contributed by atoms with Crippen molar-refractivity contribution in [3.8, 4) is 16.7 Å². The molecule has 0 atom stereocenters. The summed E-state index contributed by atoms with van der Waals surface area (Å²) in [4.78, 5) is 19.6. The fourth-order valence-electron chi connectivity index (χ4n) is 1.27. The third-order valence-corrected chi connectivity index (χ3v) is 2.93. The Balaban J connectivity index is 2.47. The van der Waals surface area contributed by atoms with Gasteiger partial charge in [0.05, 0.1) is 17.8 Å². The molecule has 0 aliphatic heterocycles. The Morgan fingerprint density at radius 2 is 2.41 bits per heavy atom. The van der Waals surface area contributed by atoms with Gasteiger partial charge >= 0.3 is 11.9 Å². The van der Waals surface area contributed by atoms with Gasteiger partial charge in [0.15, 0.2) is 0 Å². The van der Waals surface area contributed by atoms with Gasteiger partial charge in [0.1, 0.15) is 4.88 Å². The number of carboxylic acids is 1.